The molecule has 3 nitrogen and oxygen atoms in total. The number of quaternary nitrogens is 1. The van der Waals surface area contributed by atoms with E-state index in [0.29, 0.717) is 0 Å². The van der Waals surface area contributed by atoms with Crippen LogP contribution in [0.25, 0.3) is 0 Å². The number of piperazine rings is 3. The lowest BCUT2D eigenvalue weighted by molar-refractivity contribution is -0.952. The van der Waals surface area contributed by atoms with Gasteiger partial charge in [0.1, 0.15) is 19.6 Å². The monoisotopic (exact) mass is 128 g/mol. The van der Waals surface area contributed by atoms with Gasteiger partial charge in [0.05, 0.1) is 0 Å². The fourth-order valence-corrected chi connectivity index (χ4v) is 1.69. The highest BCUT2D eigenvalue weighted by atomic mass is 15.6. The van der Waals surface area contributed by atoms with E-state index in [1.165, 1.54) is 39.3 Å². The summed E-state index contributed by atoms with van der Waals surface area (Å²) >= 11 is 0. The van der Waals surface area contributed by atoms with Crippen molar-refractivity contribution in [1.82, 2.24) is 4.90 Å². The quantitative estimate of drug-likeness (QED) is 0.335. The molecule has 3 heteroatoms. The Morgan fingerprint density at radius 3 is 1.67 bits per heavy atom. The molecule has 9 heavy (non-hydrogen) atoms. The average molecular weight is 128 g/mol. The van der Waals surface area contributed by atoms with Crippen molar-refractivity contribution < 1.29 is 4.59 Å². The molecule has 3 aliphatic rings. The van der Waals surface area contributed by atoms with Gasteiger partial charge in [-0.05, 0) is 0 Å². The molecule has 52 valence electrons. The van der Waals surface area contributed by atoms with E-state index in [1.807, 2.05) is 0 Å². The maximum atomic E-state index is 6.01. The van der Waals surface area contributed by atoms with Gasteiger partial charge in [-0.15, -0.1) is 0 Å². The molecule has 3 saturated heterocycles. The first-order chi connectivity index (χ1) is 4.29. The Bertz CT molecular complexity index is 102. The van der Waals surface area contributed by atoms with E-state index >= 15 is 0 Å². The zero-order chi connectivity index (χ0) is 6.32. The van der Waals surface area contributed by atoms with E-state index in [4.69, 9.17) is 5.84 Å². The second-order valence-corrected chi connectivity index (χ2v) is 3.23. The summed E-state index contributed by atoms with van der Waals surface area (Å²) in [6.07, 6.45) is 0. The number of rotatable bonds is 0. The summed E-state index contributed by atoms with van der Waals surface area (Å²) in [5, 5.41) is 0. The number of fused-ring (bicyclic) bond motifs is 3. The van der Waals surface area contributed by atoms with Crippen LogP contribution in [0.1, 0.15) is 0 Å². The third-order valence-corrected chi connectivity index (χ3v) is 2.58. The third-order valence-electron chi connectivity index (χ3n) is 2.58. The first-order valence-corrected chi connectivity index (χ1v) is 3.66. The molecule has 0 atom stereocenters. The van der Waals surface area contributed by atoms with E-state index < -0.39 is 0 Å². The first-order valence-electron chi connectivity index (χ1n) is 3.66. The smallest absolute Gasteiger partial charge is 0.109 e. The molecule has 0 aliphatic carbocycles. The zero-order valence-electron chi connectivity index (χ0n) is 5.71. The molecule has 2 bridgehead atoms. The molecule has 0 unspecified atom stereocenters. The number of nitrogens with two attached hydrogens (primary N) is 1. The first kappa shape index (κ1) is 5.65. The van der Waals surface area contributed by atoms with Crippen molar-refractivity contribution in [3.63, 3.8) is 0 Å². The van der Waals surface area contributed by atoms with Gasteiger partial charge >= 0.3 is 0 Å². The second-order valence-electron chi connectivity index (χ2n) is 3.23. The summed E-state index contributed by atoms with van der Waals surface area (Å²) in [7, 11) is 0. The van der Waals surface area contributed by atoms with E-state index in [9.17, 15) is 0 Å². The topological polar surface area (TPSA) is 29.3 Å². The highest BCUT2D eigenvalue weighted by molar-refractivity contribution is 4.68. The summed E-state index contributed by atoms with van der Waals surface area (Å²) in [6, 6.07) is 0. The van der Waals surface area contributed by atoms with Crippen LogP contribution in [0, 0.1) is 0 Å². The van der Waals surface area contributed by atoms with Gasteiger partial charge in [-0.3, -0.25) is 4.90 Å². The standard InChI is InChI=1S/C6H14N3/c7-9-4-1-8(2-5-9)3-6-9/h1-7H2/q+1. The number of nitrogens with zero attached hydrogens (tertiary/aromatic N) is 2. The van der Waals surface area contributed by atoms with Gasteiger partial charge in [0.15, 0.2) is 0 Å². The summed E-state index contributed by atoms with van der Waals surface area (Å²) < 4.78 is 0.844. The normalized spacial score (nSPS) is 49.7. The minimum atomic E-state index is 0.844. The van der Waals surface area contributed by atoms with Crippen LogP contribution in [-0.2, 0) is 0 Å². The number of hydrogen-bond donors (Lipinski definition) is 1. The van der Waals surface area contributed by atoms with Gasteiger partial charge in [0.2, 0.25) is 0 Å². The molecule has 3 rings (SSSR count). The Morgan fingerprint density at radius 2 is 1.44 bits per heavy atom. The lowest BCUT2D eigenvalue weighted by Crippen LogP contribution is -2.70. The zero-order valence-corrected chi connectivity index (χ0v) is 5.71. The van der Waals surface area contributed by atoms with Gasteiger partial charge in [-0.1, -0.05) is 0 Å². The Balaban J connectivity index is 2.11. The lowest BCUT2D eigenvalue weighted by Gasteiger charge is -2.46. The predicted molar refractivity (Wildman–Crippen MR) is 35.5 cm³/mol. The molecule has 3 fully saturated rings. The maximum absolute atomic E-state index is 6.01. The van der Waals surface area contributed by atoms with Crippen molar-refractivity contribution in [3.8, 4) is 0 Å². The fourth-order valence-electron chi connectivity index (χ4n) is 1.69. The molecule has 2 N–H and O–H groups in total. The number of hydrogen-bond acceptors (Lipinski definition) is 2. The molecule has 0 radical (unpaired) electrons. The second kappa shape index (κ2) is 1.68. The van der Waals surface area contributed by atoms with Crippen LogP contribution in [0.15, 0.2) is 0 Å². The highest BCUT2D eigenvalue weighted by Crippen LogP contribution is 2.12. The molecule has 0 amide bonds. The minimum absolute atomic E-state index is 0.844. The molecule has 0 aromatic heterocycles. The molecule has 3 aliphatic heterocycles. The molecule has 3 heterocycles. The largest absolute Gasteiger partial charge is 0.287 e. The van der Waals surface area contributed by atoms with E-state index in [0.717, 1.165) is 4.59 Å². The third kappa shape index (κ3) is 0.852. The maximum Gasteiger partial charge on any atom is 0.109 e. The minimum Gasteiger partial charge on any atom is -0.287 e. The van der Waals surface area contributed by atoms with Crippen molar-refractivity contribution in [2.75, 3.05) is 39.3 Å². The van der Waals surface area contributed by atoms with Gasteiger partial charge in [0.25, 0.3) is 0 Å². The summed E-state index contributed by atoms with van der Waals surface area (Å²) in [5.74, 6) is 6.01. The van der Waals surface area contributed by atoms with Crippen molar-refractivity contribution in [2.24, 2.45) is 5.84 Å². The van der Waals surface area contributed by atoms with E-state index in [-0.39, 0.29) is 0 Å². The van der Waals surface area contributed by atoms with Crippen LogP contribution in [0.3, 0.4) is 0 Å². The van der Waals surface area contributed by atoms with Crippen molar-refractivity contribution in [1.29, 1.82) is 0 Å². The van der Waals surface area contributed by atoms with E-state index in [1.54, 1.807) is 0 Å². The molecule has 0 saturated carbocycles. The molecule has 0 aromatic carbocycles. The fraction of sp³-hybridized carbons (Fsp3) is 1.00. The van der Waals surface area contributed by atoms with Gasteiger partial charge in [-0.2, -0.15) is 5.84 Å². The highest BCUT2D eigenvalue weighted by Gasteiger charge is 2.35. The summed E-state index contributed by atoms with van der Waals surface area (Å²) in [5.41, 5.74) is 0. The summed E-state index contributed by atoms with van der Waals surface area (Å²) in [6.45, 7) is 7.16. The van der Waals surface area contributed by atoms with E-state index in [2.05, 4.69) is 4.90 Å². The predicted octanol–water partition coefficient (Wildman–Crippen LogP) is -0.994. The average Bonchev–Trinajstić information content (AvgIpc) is 1.90. The van der Waals surface area contributed by atoms with Crippen LogP contribution >= 0.6 is 0 Å². The Kier molecular flexibility index (Phi) is 1.06. The SMILES string of the molecule is N[N+]12CCN(CC1)CC2. The molecule has 0 spiro atoms. The summed E-state index contributed by atoms with van der Waals surface area (Å²) in [4.78, 5) is 2.49. The van der Waals surface area contributed by atoms with Crippen molar-refractivity contribution >= 4 is 0 Å². The Hall–Kier alpha value is -0.120. The van der Waals surface area contributed by atoms with Crippen LogP contribution in [0.5, 0.6) is 0 Å². The van der Waals surface area contributed by atoms with Crippen LogP contribution in [0.4, 0.5) is 0 Å². The molecular formula is C6H14N3+. The van der Waals surface area contributed by atoms with Gasteiger partial charge in [-0.25, -0.2) is 4.59 Å². The molecule has 0 aromatic rings. The lowest BCUT2D eigenvalue weighted by atomic mass is 10.2. The molecular weight excluding hydrogens is 114 g/mol. The van der Waals surface area contributed by atoms with Crippen molar-refractivity contribution in [2.45, 2.75) is 0 Å². The van der Waals surface area contributed by atoms with Gasteiger partial charge < -0.3 is 0 Å². The van der Waals surface area contributed by atoms with Crippen molar-refractivity contribution in [3.05, 3.63) is 0 Å². The van der Waals surface area contributed by atoms with Gasteiger partial charge in [0, 0.05) is 19.6 Å². The van der Waals surface area contributed by atoms with Crippen LogP contribution < -0.4 is 5.84 Å². The van der Waals surface area contributed by atoms with Crippen LogP contribution in [-0.4, -0.2) is 48.8 Å². The van der Waals surface area contributed by atoms with Crippen LogP contribution in [0.2, 0.25) is 0 Å². The Morgan fingerprint density at radius 1 is 1.00 bits per heavy atom. The Labute approximate surface area is 55.6 Å².